The molecule has 0 aromatic heterocycles. The summed E-state index contributed by atoms with van der Waals surface area (Å²) in [5.74, 6) is 1.57. The molecule has 2 rings (SSSR count). The molecule has 0 amide bonds. The fourth-order valence-electron chi connectivity index (χ4n) is 3.99. The molecule has 0 spiro atoms. The lowest BCUT2D eigenvalue weighted by Crippen LogP contribution is -2.44. The van der Waals surface area contributed by atoms with E-state index in [-0.39, 0.29) is 10.8 Å². The number of hydrogen-bond donors (Lipinski definition) is 0. The van der Waals surface area contributed by atoms with Crippen LogP contribution in [-0.2, 0) is 4.79 Å². The van der Waals surface area contributed by atoms with Crippen molar-refractivity contribution >= 4 is 5.78 Å². The SMILES string of the molecule is CC[C@@]12C(=O)C(C)(C)CC=C[C@H]1CC[C@@H]2C. The number of allylic oxidation sites excluding steroid dienone is 2. The van der Waals surface area contributed by atoms with Crippen LogP contribution in [0.1, 0.15) is 53.4 Å². The molecule has 0 unspecified atom stereocenters. The minimum Gasteiger partial charge on any atom is -0.298 e. The van der Waals surface area contributed by atoms with Crippen molar-refractivity contribution in [2.75, 3.05) is 0 Å². The molecule has 3 atom stereocenters. The molecule has 0 heterocycles. The standard InChI is InChI=1S/C15H24O/c1-5-15-11(2)8-9-12(15)7-6-10-14(3,4)13(15)16/h6-7,11-12H,5,8-10H2,1-4H3/t11-,12-,15-/m0/s1. The van der Waals surface area contributed by atoms with Gasteiger partial charge in [0.05, 0.1) is 0 Å². The fraction of sp³-hybridized carbons (Fsp3) is 0.800. The maximum absolute atomic E-state index is 12.9. The summed E-state index contributed by atoms with van der Waals surface area (Å²) >= 11 is 0. The van der Waals surface area contributed by atoms with Crippen molar-refractivity contribution < 1.29 is 4.79 Å². The lowest BCUT2D eigenvalue weighted by molar-refractivity contribution is -0.141. The van der Waals surface area contributed by atoms with Crippen molar-refractivity contribution in [2.24, 2.45) is 22.7 Å². The lowest BCUT2D eigenvalue weighted by Gasteiger charge is -2.40. The third kappa shape index (κ3) is 1.40. The zero-order valence-electron chi connectivity index (χ0n) is 11.0. The monoisotopic (exact) mass is 220 g/mol. The molecule has 0 saturated heterocycles. The van der Waals surface area contributed by atoms with Gasteiger partial charge < -0.3 is 0 Å². The third-order valence-electron chi connectivity index (χ3n) is 5.07. The van der Waals surface area contributed by atoms with Gasteiger partial charge in [0, 0.05) is 10.8 Å². The van der Waals surface area contributed by atoms with Gasteiger partial charge in [0.1, 0.15) is 5.78 Å². The summed E-state index contributed by atoms with van der Waals surface area (Å²) in [4.78, 5) is 12.9. The van der Waals surface area contributed by atoms with Gasteiger partial charge in [0.2, 0.25) is 0 Å². The van der Waals surface area contributed by atoms with Crippen molar-refractivity contribution in [3.8, 4) is 0 Å². The molecule has 0 aromatic carbocycles. The number of fused-ring (bicyclic) bond motifs is 1. The molecule has 2 aliphatic carbocycles. The average molecular weight is 220 g/mol. The number of carbonyl (C=O) groups excluding carboxylic acids is 1. The van der Waals surface area contributed by atoms with Crippen LogP contribution in [0.2, 0.25) is 0 Å². The van der Waals surface area contributed by atoms with Gasteiger partial charge in [-0.3, -0.25) is 4.79 Å². The van der Waals surface area contributed by atoms with E-state index in [4.69, 9.17) is 0 Å². The van der Waals surface area contributed by atoms with Crippen molar-refractivity contribution in [1.82, 2.24) is 0 Å². The van der Waals surface area contributed by atoms with E-state index in [1.165, 1.54) is 12.8 Å². The molecule has 0 radical (unpaired) electrons. The summed E-state index contributed by atoms with van der Waals surface area (Å²) in [6, 6.07) is 0. The number of hydrogen-bond acceptors (Lipinski definition) is 1. The van der Waals surface area contributed by atoms with E-state index in [2.05, 4.69) is 39.8 Å². The summed E-state index contributed by atoms with van der Waals surface area (Å²) in [5.41, 5.74) is -0.226. The molecule has 1 saturated carbocycles. The van der Waals surface area contributed by atoms with Crippen LogP contribution < -0.4 is 0 Å². The Morgan fingerprint density at radius 3 is 2.69 bits per heavy atom. The van der Waals surface area contributed by atoms with Crippen LogP contribution in [-0.4, -0.2) is 5.78 Å². The van der Waals surface area contributed by atoms with E-state index >= 15 is 0 Å². The fourth-order valence-corrected chi connectivity index (χ4v) is 3.99. The number of rotatable bonds is 1. The van der Waals surface area contributed by atoms with Gasteiger partial charge in [0.25, 0.3) is 0 Å². The predicted octanol–water partition coefficient (Wildman–Crippen LogP) is 3.98. The van der Waals surface area contributed by atoms with Gasteiger partial charge in [-0.2, -0.15) is 0 Å². The summed E-state index contributed by atoms with van der Waals surface area (Å²) in [5, 5.41) is 0. The molecule has 0 N–H and O–H groups in total. The van der Waals surface area contributed by atoms with Crippen LogP contribution in [0.3, 0.4) is 0 Å². The first-order chi connectivity index (χ1) is 7.45. The highest BCUT2D eigenvalue weighted by atomic mass is 16.1. The van der Waals surface area contributed by atoms with Crippen molar-refractivity contribution in [2.45, 2.75) is 53.4 Å². The number of ketones is 1. The van der Waals surface area contributed by atoms with Gasteiger partial charge >= 0.3 is 0 Å². The van der Waals surface area contributed by atoms with Crippen LogP contribution in [0.4, 0.5) is 0 Å². The van der Waals surface area contributed by atoms with E-state index in [0.717, 1.165) is 12.8 Å². The van der Waals surface area contributed by atoms with Gasteiger partial charge in [-0.1, -0.05) is 39.8 Å². The molecule has 1 heteroatoms. The van der Waals surface area contributed by atoms with Crippen molar-refractivity contribution in [3.05, 3.63) is 12.2 Å². The minimum absolute atomic E-state index is 0.0590. The van der Waals surface area contributed by atoms with Crippen LogP contribution in [0.5, 0.6) is 0 Å². The lowest BCUT2D eigenvalue weighted by atomic mass is 9.62. The van der Waals surface area contributed by atoms with Crippen LogP contribution in [0.25, 0.3) is 0 Å². The Morgan fingerprint density at radius 1 is 1.38 bits per heavy atom. The predicted molar refractivity (Wildman–Crippen MR) is 67.2 cm³/mol. The second-order valence-electron chi connectivity index (χ2n) is 6.32. The van der Waals surface area contributed by atoms with Gasteiger partial charge in [0.15, 0.2) is 0 Å². The van der Waals surface area contributed by atoms with Crippen LogP contribution in [0, 0.1) is 22.7 Å². The second-order valence-corrected chi connectivity index (χ2v) is 6.32. The molecule has 0 bridgehead atoms. The van der Waals surface area contributed by atoms with Crippen molar-refractivity contribution in [1.29, 1.82) is 0 Å². The molecule has 16 heavy (non-hydrogen) atoms. The van der Waals surface area contributed by atoms with E-state index in [1.54, 1.807) is 0 Å². The molecule has 0 aliphatic heterocycles. The molecular formula is C15H24O. The summed E-state index contributed by atoms with van der Waals surface area (Å²) in [6.07, 6.45) is 8.91. The highest BCUT2D eigenvalue weighted by Gasteiger charge is 2.55. The zero-order chi connectivity index (χ0) is 12.0. The van der Waals surface area contributed by atoms with E-state index < -0.39 is 0 Å². The summed E-state index contributed by atoms with van der Waals surface area (Å²) < 4.78 is 0. The van der Waals surface area contributed by atoms with Gasteiger partial charge in [-0.05, 0) is 37.5 Å². The first-order valence-corrected chi connectivity index (χ1v) is 6.66. The topological polar surface area (TPSA) is 17.1 Å². The molecule has 90 valence electrons. The minimum atomic E-state index is -0.167. The van der Waals surface area contributed by atoms with E-state index in [1.807, 2.05) is 0 Å². The highest BCUT2D eigenvalue weighted by Crippen LogP contribution is 2.56. The summed E-state index contributed by atoms with van der Waals surface area (Å²) in [6.45, 7) is 8.70. The quantitative estimate of drug-likeness (QED) is 0.611. The second kappa shape index (κ2) is 3.72. The molecule has 1 nitrogen and oxygen atoms in total. The molecule has 1 fully saturated rings. The largest absolute Gasteiger partial charge is 0.298 e. The number of Topliss-reactive ketones (excluding diaryl/α,β-unsaturated/α-hetero) is 1. The van der Waals surface area contributed by atoms with Crippen LogP contribution in [0.15, 0.2) is 12.2 Å². The Morgan fingerprint density at radius 2 is 2.06 bits per heavy atom. The molecule has 0 aromatic rings. The first-order valence-electron chi connectivity index (χ1n) is 6.66. The van der Waals surface area contributed by atoms with Gasteiger partial charge in [-0.25, -0.2) is 0 Å². The highest BCUT2D eigenvalue weighted by molar-refractivity contribution is 5.91. The Labute approximate surface area is 99.3 Å². The molecular weight excluding hydrogens is 196 g/mol. The summed E-state index contributed by atoms with van der Waals surface area (Å²) in [7, 11) is 0. The Balaban J connectivity index is 2.50. The van der Waals surface area contributed by atoms with Crippen LogP contribution >= 0.6 is 0 Å². The molecule has 2 aliphatic rings. The number of carbonyl (C=O) groups is 1. The smallest absolute Gasteiger partial charge is 0.145 e. The normalized spacial score (nSPS) is 41.9. The zero-order valence-corrected chi connectivity index (χ0v) is 11.0. The van der Waals surface area contributed by atoms with E-state index in [0.29, 0.717) is 17.6 Å². The van der Waals surface area contributed by atoms with Gasteiger partial charge in [-0.15, -0.1) is 0 Å². The Hall–Kier alpha value is -0.590. The van der Waals surface area contributed by atoms with Crippen molar-refractivity contribution in [3.63, 3.8) is 0 Å². The Kier molecular flexibility index (Phi) is 2.76. The Bertz CT molecular complexity index is 326. The van der Waals surface area contributed by atoms with E-state index in [9.17, 15) is 4.79 Å². The maximum Gasteiger partial charge on any atom is 0.145 e. The third-order valence-corrected chi connectivity index (χ3v) is 5.07. The average Bonchev–Trinajstić information content (AvgIpc) is 2.50. The first kappa shape index (κ1) is 11.9. The maximum atomic E-state index is 12.9.